The first-order chi connectivity index (χ1) is 10.2. The highest BCUT2D eigenvalue weighted by molar-refractivity contribution is 7.15. The van der Waals surface area contributed by atoms with E-state index in [2.05, 4.69) is 24.1 Å². The molecule has 0 aliphatic carbocycles. The highest BCUT2D eigenvalue weighted by Gasteiger charge is 2.14. The zero-order valence-electron chi connectivity index (χ0n) is 13.0. The van der Waals surface area contributed by atoms with Crippen LogP contribution in [0.4, 0.5) is 0 Å². The van der Waals surface area contributed by atoms with E-state index in [0.717, 1.165) is 35.0 Å². The second-order valence-corrected chi connectivity index (χ2v) is 5.98. The van der Waals surface area contributed by atoms with Gasteiger partial charge >= 0.3 is 0 Å². The molecule has 0 saturated carbocycles. The van der Waals surface area contributed by atoms with Crippen LogP contribution in [0.1, 0.15) is 25.1 Å². The minimum absolute atomic E-state index is 0.516. The first kappa shape index (κ1) is 15.8. The Morgan fingerprint density at radius 3 is 2.76 bits per heavy atom. The van der Waals surface area contributed by atoms with Gasteiger partial charge in [0.05, 0.1) is 19.8 Å². The van der Waals surface area contributed by atoms with Crippen LogP contribution in [-0.4, -0.2) is 25.2 Å². The molecule has 1 N–H and O–H groups in total. The number of nitrogens with one attached hydrogen (secondary N) is 1. The van der Waals surface area contributed by atoms with Gasteiger partial charge in [0.2, 0.25) is 0 Å². The van der Waals surface area contributed by atoms with Crippen LogP contribution in [0.3, 0.4) is 0 Å². The summed E-state index contributed by atoms with van der Waals surface area (Å²) in [5.74, 6) is 1.46. The molecule has 1 aromatic heterocycles. The number of thiazole rings is 1. The topological polar surface area (TPSA) is 43.4 Å². The molecule has 0 spiro atoms. The summed E-state index contributed by atoms with van der Waals surface area (Å²) in [6.07, 6.45) is 3.05. The zero-order valence-corrected chi connectivity index (χ0v) is 13.8. The fourth-order valence-electron chi connectivity index (χ4n) is 1.99. The minimum Gasteiger partial charge on any atom is -0.493 e. The fraction of sp³-hybridized carbons (Fsp3) is 0.438. The molecule has 0 aliphatic rings. The molecule has 5 heteroatoms. The van der Waals surface area contributed by atoms with Gasteiger partial charge in [-0.15, -0.1) is 11.3 Å². The van der Waals surface area contributed by atoms with Crippen LogP contribution in [0.2, 0.25) is 0 Å². The van der Waals surface area contributed by atoms with Crippen LogP contribution in [0, 0.1) is 0 Å². The smallest absolute Gasteiger partial charge is 0.170 e. The second-order valence-electron chi connectivity index (χ2n) is 4.86. The number of nitrogens with zero attached hydrogens (tertiary/aromatic N) is 1. The van der Waals surface area contributed by atoms with Crippen LogP contribution in [0.5, 0.6) is 11.5 Å². The maximum absolute atomic E-state index is 5.47. The molecule has 0 bridgehead atoms. The summed E-state index contributed by atoms with van der Waals surface area (Å²) >= 11 is 1.68. The molecule has 114 valence electrons. The quantitative estimate of drug-likeness (QED) is 0.847. The first-order valence-corrected chi connectivity index (χ1v) is 7.90. The van der Waals surface area contributed by atoms with Gasteiger partial charge in [-0.2, -0.15) is 0 Å². The molecule has 0 aliphatic heterocycles. The minimum atomic E-state index is 0.516. The van der Waals surface area contributed by atoms with Crippen molar-refractivity contribution in [3.8, 4) is 22.1 Å². The molecular weight excluding hydrogens is 284 g/mol. The van der Waals surface area contributed by atoms with E-state index >= 15 is 0 Å². The normalized spacial score (nSPS) is 12.2. The Hall–Kier alpha value is -1.59. The van der Waals surface area contributed by atoms with Crippen LogP contribution in [0.15, 0.2) is 24.4 Å². The van der Waals surface area contributed by atoms with Crippen molar-refractivity contribution in [1.29, 1.82) is 0 Å². The van der Waals surface area contributed by atoms with Crippen molar-refractivity contribution in [1.82, 2.24) is 10.3 Å². The molecule has 0 saturated heterocycles. The summed E-state index contributed by atoms with van der Waals surface area (Å²) in [5.41, 5.74) is 0.969. The highest BCUT2D eigenvalue weighted by atomic mass is 32.1. The second kappa shape index (κ2) is 7.43. The Bertz CT molecular complexity index is 583. The Kier molecular flexibility index (Phi) is 5.59. The van der Waals surface area contributed by atoms with E-state index < -0.39 is 0 Å². The molecule has 0 fully saturated rings. The van der Waals surface area contributed by atoms with Gasteiger partial charge in [0.25, 0.3) is 0 Å². The lowest BCUT2D eigenvalue weighted by Gasteiger charge is -2.10. The van der Waals surface area contributed by atoms with Gasteiger partial charge in [0.1, 0.15) is 5.01 Å². The number of ether oxygens (including phenoxy) is 2. The van der Waals surface area contributed by atoms with Crippen molar-refractivity contribution in [2.24, 2.45) is 0 Å². The van der Waals surface area contributed by atoms with Gasteiger partial charge in [-0.05, 0) is 25.5 Å². The van der Waals surface area contributed by atoms with E-state index in [9.17, 15) is 0 Å². The van der Waals surface area contributed by atoms with Crippen LogP contribution < -0.4 is 14.8 Å². The van der Waals surface area contributed by atoms with Gasteiger partial charge in [0.15, 0.2) is 11.5 Å². The van der Waals surface area contributed by atoms with Crippen molar-refractivity contribution in [2.45, 2.75) is 32.9 Å². The third-order valence-corrected chi connectivity index (χ3v) is 4.45. The monoisotopic (exact) mass is 306 g/mol. The molecule has 4 nitrogen and oxygen atoms in total. The van der Waals surface area contributed by atoms with Crippen LogP contribution >= 0.6 is 11.3 Å². The van der Waals surface area contributed by atoms with Crippen molar-refractivity contribution in [3.05, 3.63) is 29.3 Å². The van der Waals surface area contributed by atoms with Crippen molar-refractivity contribution >= 4 is 11.3 Å². The third-order valence-electron chi connectivity index (χ3n) is 3.42. The van der Waals surface area contributed by atoms with Gasteiger partial charge in [-0.3, -0.25) is 0 Å². The number of para-hydroxylation sites is 1. The maximum Gasteiger partial charge on any atom is 0.170 e. The summed E-state index contributed by atoms with van der Waals surface area (Å²) in [4.78, 5) is 5.73. The number of hydrogen-bond donors (Lipinski definition) is 1. The van der Waals surface area contributed by atoms with E-state index in [1.54, 1.807) is 25.6 Å². The summed E-state index contributed by atoms with van der Waals surface area (Å²) in [6, 6.07) is 6.37. The predicted molar refractivity (Wildman–Crippen MR) is 87.2 cm³/mol. The van der Waals surface area contributed by atoms with E-state index in [0.29, 0.717) is 6.04 Å². The molecule has 21 heavy (non-hydrogen) atoms. The summed E-state index contributed by atoms with van der Waals surface area (Å²) in [5, 5.41) is 4.43. The van der Waals surface area contributed by atoms with E-state index in [4.69, 9.17) is 9.47 Å². The fourth-order valence-corrected chi connectivity index (χ4v) is 2.87. The Labute approximate surface area is 130 Å². The van der Waals surface area contributed by atoms with Gasteiger partial charge in [-0.1, -0.05) is 13.0 Å². The summed E-state index contributed by atoms with van der Waals surface area (Å²) in [7, 11) is 3.30. The highest BCUT2D eigenvalue weighted by Crippen LogP contribution is 2.39. The van der Waals surface area contributed by atoms with E-state index in [1.807, 2.05) is 24.4 Å². The lowest BCUT2D eigenvalue weighted by molar-refractivity contribution is 0.356. The lowest BCUT2D eigenvalue weighted by Crippen LogP contribution is -2.23. The van der Waals surface area contributed by atoms with Crippen LogP contribution in [0.25, 0.3) is 10.6 Å². The maximum atomic E-state index is 5.47. The van der Waals surface area contributed by atoms with E-state index in [1.165, 1.54) is 4.88 Å². The molecule has 2 rings (SSSR count). The molecule has 2 aromatic rings. The standard InChI is InChI=1S/C16H22N2O2S/c1-5-11(2)17-9-12-10-18-16(21-12)13-7-6-8-14(19-3)15(13)20-4/h6-8,10-11,17H,5,9H2,1-4H3. The third kappa shape index (κ3) is 3.74. The molecule has 1 unspecified atom stereocenters. The molecule has 1 heterocycles. The Morgan fingerprint density at radius 2 is 2.10 bits per heavy atom. The number of aromatic nitrogens is 1. The largest absolute Gasteiger partial charge is 0.493 e. The molecule has 0 amide bonds. The Morgan fingerprint density at radius 1 is 1.29 bits per heavy atom. The molecule has 0 radical (unpaired) electrons. The summed E-state index contributed by atoms with van der Waals surface area (Å²) < 4.78 is 10.8. The first-order valence-electron chi connectivity index (χ1n) is 7.09. The number of hydrogen-bond acceptors (Lipinski definition) is 5. The average Bonchev–Trinajstić information content (AvgIpc) is 3.00. The van der Waals surface area contributed by atoms with E-state index in [-0.39, 0.29) is 0 Å². The Balaban J connectivity index is 2.21. The van der Waals surface area contributed by atoms with Gasteiger partial charge in [0, 0.05) is 23.7 Å². The zero-order chi connectivity index (χ0) is 15.2. The average molecular weight is 306 g/mol. The van der Waals surface area contributed by atoms with Gasteiger partial charge < -0.3 is 14.8 Å². The van der Waals surface area contributed by atoms with Gasteiger partial charge in [-0.25, -0.2) is 4.98 Å². The number of benzene rings is 1. The summed E-state index contributed by atoms with van der Waals surface area (Å²) in [6.45, 7) is 5.21. The molecule has 1 aromatic carbocycles. The molecular formula is C16H22N2O2S. The number of rotatable bonds is 7. The van der Waals surface area contributed by atoms with Crippen molar-refractivity contribution in [3.63, 3.8) is 0 Å². The number of methoxy groups -OCH3 is 2. The lowest BCUT2D eigenvalue weighted by atomic mass is 10.2. The SMILES string of the molecule is CCC(C)NCc1cnc(-c2cccc(OC)c2OC)s1. The van der Waals surface area contributed by atoms with Crippen molar-refractivity contribution in [2.75, 3.05) is 14.2 Å². The predicted octanol–water partition coefficient (Wildman–Crippen LogP) is 3.72. The van der Waals surface area contributed by atoms with Crippen molar-refractivity contribution < 1.29 is 9.47 Å². The molecule has 1 atom stereocenters. The van der Waals surface area contributed by atoms with Crippen LogP contribution in [-0.2, 0) is 6.54 Å².